The Hall–Kier alpha value is -1.51. The predicted molar refractivity (Wildman–Crippen MR) is 58.7 cm³/mol. The summed E-state index contributed by atoms with van der Waals surface area (Å²) < 4.78 is 5.16. The van der Waals surface area contributed by atoms with Gasteiger partial charge >= 0.3 is 0 Å². The number of nitrogens with one attached hydrogen (secondary N) is 1. The van der Waals surface area contributed by atoms with Gasteiger partial charge in [0.2, 0.25) is 0 Å². The fourth-order valence-corrected chi connectivity index (χ4v) is 1.29. The minimum atomic E-state index is 0.817. The number of fused-ring (bicyclic) bond motifs is 1. The van der Waals surface area contributed by atoms with Gasteiger partial charge in [0.15, 0.2) is 0 Å². The summed E-state index contributed by atoms with van der Waals surface area (Å²) in [4.78, 5) is 7.45. The highest BCUT2D eigenvalue weighted by Crippen LogP contribution is 2.22. The first-order chi connectivity index (χ1) is 6.81. The van der Waals surface area contributed by atoms with Gasteiger partial charge in [0.25, 0.3) is 0 Å². The van der Waals surface area contributed by atoms with E-state index in [0.29, 0.717) is 0 Å². The van der Waals surface area contributed by atoms with Crippen LogP contribution in [0.5, 0.6) is 5.75 Å². The maximum absolute atomic E-state index is 5.16. The minimum Gasteiger partial charge on any atom is -0.494 e. The first-order valence-electron chi connectivity index (χ1n) is 4.80. The van der Waals surface area contributed by atoms with Crippen molar-refractivity contribution < 1.29 is 4.74 Å². The zero-order valence-corrected chi connectivity index (χ0v) is 9.09. The molecule has 3 heteroatoms. The average Bonchev–Trinajstić information content (AvgIpc) is 2.60. The lowest BCUT2D eigenvalue weighted by Gasteiger charge is -1.97. The summed E-state index contributed by atoms with van der Waals surface area (Å²) in [5.41, 5.74) is 1.92. The molecule has 0 aliphatic rings. The summed E-state index contributed by atoms with van der Waals surface area (Å²) in [5.74, 6) is 1.73. The van der Waals surface area contributed by atoms with Gasteiger partial charge in [-0.2, -0.15) is 0 Å². The van der Waals surface area contributed by atoms with E-state index < -0.39 is 0 Å². The predicted octanol–water partition coefficient (Wildman–Crippen LogP) is 2.91. The van der Waals surface area contributed by atoms with E-state index in [4.69, 9.17) is 4.74 Å². The van der Waals surface area contributed by atoms with Crippen molar-refractivity contribution in [1.29, 1.82) is 0 Å². The van der Waals surface area contributed by atoms with Crippen LogP contribution in [-0.4, -0.2) is 17.1 Å². The number of para-hydroxylation sites is 1. The van der Waals surface area contributed by atoms with Crippen molar-refractivity contribution in [3.8, 4) is 5.75 Å². The number of hydrogen-bond acceptors (Lipinski definition) is 2. The molecule has 1 aromatic heterocycles. The van der Waals surface area contributed by atoms with Crippen LogP contribution >= 0.6 is 0 Å². The van der Waals surface area contributed by atoms with E-state index in [1.807, 2.05) is 39.0 Å². The smallest absolute Gasteiger partial charge is 0.146 e. The molecule has 0 radical (unpaired) electrons. The van der Waals surface area contributed by atoms with E-state index >= 15 is 0 Å². The number of methoxy groups -OCH3 is 1. The number of imidazole rings is 1. The summed E-state index contributed by atoms with van der Waals surface area (Å²) in [5, 5.41) is 0. The maximum atomic E-state index is 5.16. The van der Waals surface area contributed by atoms with Gasteiger partial charge < -0.3 is 9.72 Å². The second-order valence-corrected chi connectivity index (χ2v) is 2.68. The fourth-order valence-electron chi connectivity index (χ4n) is 1.29. The lowest BCUT2D eigenvalue weighted by molar-refractivity contribution is 0.419. The van der Waals surface area contributed by atoms with E-state index in [0.717, 1.165) is 22.6 Å². The van der Waals surface area contributed by atoms with Crippen LogP contribution in [0.25, 0.3) is 11.0 Å². The topological polar surface area (TPSA) is 37.9 Å². The number of H-pyrrole nitrogens is 1. The van der Waals surface area contributed by atoms with Crippen LogP contribution in [0.2, 0.25) is 0 Å². The van der Waals surface area contributed by atoms with Gasteiger partial charge in [-0.1, -0.05) is 19.9 Å². The number of hydrogen-bond donors (Lipinski definition) is 1. The molecule has 76 valence electrons. The number of aromatic amines is 1. The number of nitrogens with zero attached hydrogens (tertiary/aromatic N) is 1. The number of benzene rings is 1. The van der Waals surface area contributed by atoms with Gasteiger partial charge in [0.05, 0.1) is 12.6 Å². The molecule has 1 heterocycles. The zero-order chi connectivity index (χ0) is 10.6. The van der Waals surface area contributed by atoms with Gasteiger partial charge in [-0.15, -0.1) is 0 Å². The van der Waals surface area contributed by atoms with Crippen LogP contribution in [0.1, 0.15) is 19.7 Å². The number of aromatic nitrogens is 2. The Balaban J connectivity index is 0.000000461. The van der Waals surface area contributed by atoms with Crippen molar-refractivity contribution in [3.63, 3.8) is 0 Å². The zero-order valence-electron chi connectivity index (χ0n) is 9.09. The first-order valence-corrected chi connectivity index (χ1v) is 4.80. The van der Waals surface area contributed by atoms with Gasteiger partial charge in [0, 0.05) is 0 Å². The molecule has 0 saturated carbocycles. The second-order valence-electron chi connectivity index (χ2n) is 2.68. The standard InChI is InChI=1S/C9H10N2O.C2H6/c1-6-10-7-4-3-5-8(12-2)9(7)11-6;1-2/h3-5H,1-2H3,(H,10,11);1-2H3. The molecule has 2 aromatic rings. The lowest BCUT2D eigenvalue weighted by atomic mass is 10.3. The van der Waals surface area contributed by atoms with Gasteiger partial charge in [-0.25, -0.2) is 4.98 Å². The lowest BCUT2D eigenvalue weighted by Crippen LogP contribution is -1.83. The summed E-state index contributed by atoms with van der Waals surface area (Å²) in [6, 6.07) is 5.83. The quantitative estimate of drug-likeness (QED) is 0.754. The van der Waals surface area contributed by atoms with E-state index in [1.165, 1.54) is 0 Å². The molecular weight excluding hydrogens is 176 g/mol. The molecule has 0 fully saturated rings. The Morgan fingerprint density at radius 3 is 2.64 bits per heavy atom. The highest BCUT2D eigenvalue weighted by atomic mass is 16.5. The van der Waals surface area contributed by atoms with Gasteiger partial charge in [-0.3, -0.25) is 0 Å². The Morgan fingerprint density at radius 1 is 1.29 bits per heavy atom. The van der Waals surface area contributed by atoms with Crippen LogP contribution in [0, 0.1) is 6.92 Å². The van der Waals surface area contributed by atoms with Crippen LogP contribution in [0.3, 0.4) is 0 Å². The Bertz CT molecular complexity index is 407. The SMILES string of the molecule is CC.COc1cccc2[nH]c(C)nc12. The molecule has 2 rings (SSSR count). The summed E-state index contributed by atoms with van der Waals surface area (Å²) in [6.45, 7) is 5.93. The molecular formula is C11H16N2O. The van der Waals surface area contributed by atoms with Crippen LogP contribution in [0.15, 0.2) is 18.2 Å². The molecule has 0 amide bonds. The first kappa shape index (κ1) is 10.6. The molecule has 14 heavy (non-hydrogen) atoms. The highest BCUT2D eigenvalue weighted by molar-refractivity contribution is 5.81. The molecule has 3 nitrogen and oxygen atoms in total. The van der Waals surface area contributed by atoms with E-state index in [1.54, 1.807) is 7.11 Å². The third kappa shape index (κ3) is 1.87. The largest absolute Gasteiger partial charge is 0.494 e. The Kier molecular flexibility index (Phi) is 3.51. The Labute approximate surface area is 84.1 Å². The van der Waals surface area contributed by atoms with Crippen molar-refractivity contribution in [3.05, 3.63) is 24.0 Å². The molecule has 1 N–H and O–H groups in total. The summed E-state index contributed by atoms with van der Waals surface area (Å²) in [6.07, 6.45) is 0. The normalized spacial score (nSPS) is 9.43. The minimum absolute atomic E-state index is 0.817. The number of aryl methyl sites for hydroxylation is 1. The Morgan fingerprint density at radius 2 is 2.00 bits per heavy atom. The van der Waals surface area contributed by atoms with Crippen molar-refractivity contribution in [2.24, 2.45) is 0 Å². The van der Waals surface area contributed by atoms with E-state index in [9.17, 15) is 0 Å². The molecule has 0 unspecified atom stereocenters. The number of ether oxygens (including phenoxy) is 1. The fraction of sp³-hybridized carbons (Fsp3) is 0.364. The molecule has 0 bridgehead atoms. The molecule has 1 aromatic carbocycles. The monoisotopic (exact) mass is 192 g/mol. The van der Waals surface area contributed by atoms with Crippen molar-refractivity contribution >= 4 is 11.0 Å². The van der Waals surface area contributed by atoms with Crippen molar-refractivity contribution in [1.82, 2.24) is 9.97 Å². The van der Waals surface area contributed by atoms with Gasteiger partial charge in [0.1, 0.15) is 17.1 Å². The van der Waals surface area contributed by atoms with Crippen molar-refractivity contribution in [2.45, 2.75) is 20.8 Å². The molecule has 0 aliphatic heterocycles. The van der Waals surface area contributed by atoms with E-state index in [-0.39, 0.29) is 0 Å². The van der Waals surface area contributed by atoms with Crippen LogP contribution in [0.4, 0.5) is 0 Å². The third-order valence-corrected chi connectivity index (χ3v) is 1.81. The summed E-state index contributed by atoms with van der Waals surface area (Å²) in [7, 11) is 1.65. The molecule has 0 atom stereocenters. The van der Waals surface area contributed by atoms with Crippen LogP contribution < -0.4 is 4.74 Å². The van der Waals surface area contributed by atoms with Gasteiger partial charge in [-0.05, 0) is 19.1 Å². The second kappa shape index (κ2) is 4.65. The molecule has 0 spiro atoms. The highest BCUT2D eigenvalue weighted by Gasteiger charge is 2.03. The maximum Gasteiger partial charge on any atom is 0.146 e. The van der Waals surface area contributed by atoms with Crippen LogP contribution in [-0.2, 0) is 0 Å². The van der Waals surface area contributed by atoms with E-state index in [2.05, 4.69) is 9.97 Å². The third-order valence-electron chi connectivity index (χ3n) is 1.81. The number of rotatable bonds is 1. The van der Waals surface area contributed by atoms with Crippen molar-refractivity contribution in [2.75, 3.05) is 7.11 Å². The average molecular weight is 192 g/mol. The molecule has 0 aliphatic carbocycles. The summed E-state index contributed by atoms with van der Waals surface area (Å²) >= 11 is 0. The molecule has 0 saturated heterocycles.